The molecule has 2 amide bonds. The van der Waals surface area contributed by atoms with Gasteiger partial charge in [-0.25, -0.2) is 9.37 Å². The van der Waals surface area contributed by atoms with Gasteiger partial charge in [-0.3, -0.25) is 14.5 Å². The molecule has 9 nitrogen and oxygen atoms in total. The van der Waals surface area contributed by atoms with Crippen LogP contribution in [-0.2, 0) is 22.6 Å². The van der Waals surface area contributed by atoms with E-state index in [0.717, 1.165) is 47.8 Å². The van der Waals surface area contributed by atoms with Crippen molar-refractivity contribution in [3.63, 3.8) is 0 Å². The molecule has 2 aromatic carbocycles. The third kappa shape index (κ3) is 6.86. The van der Waals surface area contributed by atoms with E-state index < -0.39 is 17.8 Å². The number of aromatic nitrogens is 2. The summed E-state index contributed by atoms with van der Waals surface area (Å²) in [6.45, 7) is 1.33. The van der Waals surface area contributed by atoms with Gasteiger partial charge >= 0.3 is 0 Å². The number of nitrogens with zero attached hydrogens (tertiary/aromatic N) is 3. The number of fused-ring (bicyclic) bond motifs is 2. The zero-order valence-electron chi connectivity index (χ0n) is 26.2. The Balaban J connectivity index is 1.03. The van der Waals surface area contributed by atoms with Crippen LogP contribution < -0.4 is 5.32 Å². The number of aromatic amines is 1. The van der Waals surface area contributed by atoms with Gasteiger partial charge in [-0.2, -0.15) is 0 Å². The van der Waals surface area contributed by atoms with Crippen molar-refractivity contribution < 1.29 is 23.6 Å². The van der Waals surface area contributed by atoms with E-state index in [1.807, 2.05) is 6.07 Å². The molecule has 1 fully saturated rings. The summed E-state index contributed by atoms with van der Waals surface area (Å²) in [5.74, 6) is 5.51. The van der Waals surface area contributed by atoms with Crippen LogP contribution in [0.15, 0.2) is 54.7 Å². The topological polar surface area (TPSA) is 115 Å². The lowest BCUT2D eigenvalue weighted by Gasteiger charge is -2.22. The summed E-state index contributed by atoms with van der Waals surface area (Å²) >= 11 is 0. The average Bonchev–Trinajstić information content (AvgIpc) is 3.78. The van der Waals surface area contributed by atoms with Crippen molar-refractivity contribution in [1.29, 1.82) is 0 Å². The van der Waals surface area contributed by atoms with E-state index in [0.29, 0.717) is 54.1 Å². The van der Waals surface area contributed by atoms with Gasteiger partial charge in [0.15, 0.2) is 0 Å². The maximum absolute atomic E-state index is 15.0. The lowest BCUT2D eigenvalue weighted by Crippen LogP contribution is -2.36. The van der Waals surface area contributed by atoms with Crippen LogP contribution in [0.25, 0.3) is 10.9 Å². The second kappa shape index (κ2) is 14.1. The number of carbonyl (C=O) groups excluding carboxylic acids is 4. The second-order valence-electron chi connectivity index (χ2n) is 12.1. The van der Waals surface area contributed by atoms with E-state index in [1.165, 1.54) is 11.0 Å². The first kappa shape index (κ1) is 31.8. The molecule has 0 radical (unpaired) electrons. The van der Waals surface area contributed by atoms with Gasteiger partial charge < -0.3 is 24.8 Å². The fraction of sp³-hybridized carbons (Fsp3) is 0.324. The van der Waals surface area contributed by atoms with Crippen LogP contribution in [0.2, 0.25) is 0 Å². The van der Waals surface area contributed by atoms with Crippen LogP contribution in [0, 0.1) is 17.7 Å². The van der Waals surface area contributed by atoms with Gasteiger partial charge in [-0.05, 0) is 87.2 Å². The molecule has 2 aromatic heterocycles. The Morgan fingerprint density at radius 1 is 1.21 bits per heavy atom. The number of benzene rings is 2. The van der Waals surface area contributed by atoms with Crippen molar-refractivity contribution in [3.05, 3.63) is 94.1 Å². The predicted molar refractivity (Wildman–Crippen MR) is 176 cm³/mol. The molecule has 4 heterocycles. The number of pyridine rings is 1. The minimum Gasteiger partial charge on any atom is -0.357 e. The average molecular weight is 634 g/mol. The molecule has 2 aliphatic rings. The fourth-order valence-electron chi connectivity index (χ4n) is 6.48. The summed E-state index contributed by atoms with van der Waals surface area (Å²) in [4.78, 5) is 59.8. The van der Waals surface area contributed by atoms with Gasteiger partial charge in [0, 0.05) is 65.5 Å². The Morgan fingerprint density at radius 2 is 2.09 bits per heavy atom. The Bertz CT molecular complexity index is 1910. The Labute approximate surface area is 272 Å². The number of halogens is 1. The molecule has 2 atom stereocenters. The van der Waals surface area contributed by atoms with E-state index in [-0.39, 0.29) is 30.9 Å². The van der Waals surface area contributed by atoms with Crippen molar-refractivity contribution >= 4 is 41.1 Å². The molecule has 0 saturated carbocycles. The second-order valence-corrected chi connectivity index (χ2v) is 12.1. The molecule has 2 unspecified atom stereocenters. The van der Waals surface area contributed by atoms with Gasteiger partial charge in [0.1, 0.15) is 24.2 Å². The Morgan fingerprint density at radius 3 is 2.85 bits per heavy atom. The number of nitrogens with one attached hydrogen (secondary N) is 2. The van der Waals surface area contributed by atoms with Gasteiger partial charge in [-0.15, -0.1) is 0 Å². The molecule has 0 aliphatic carbocycles. The number of anilines is 1. The van der Waals surface area contributed by atoms with Crippen LogP contribution >= 0.6 is 0 Å². The molecule has 0 bridgehead atoms. The summed E-state index contributed by atoms with van der Waals surface area (Å²) in [5, 5.41) is 3.76. The molecule has 4 aromatic rings. The number of likely N-dealkylation sites (tertiary alicyclic amines) is 1. The highest BCUT2D eigenvalue weighted by Crippen LogP contribution is 2.32. The van der Waals surface area contributed by atoms with Crippen LogP contribution in [0.1, 0.15) is 87.7 Å². The smallest absolute Gasteiger partial charge is 0.256 e. The minimum atomic E-state index is -0.656. The number of amides is 2. The van der Waals surface area contributed by atoms with Crippen molar-refractivity contribution in [3.8, 4) is 11.8 Å². The quantitative estimate of drug-likeness (QED) is 0.126. The minimum absolute atomic E-state index is 0.203. The van der Waals surface area contributed by atoms with Crippen LogP contribution in [0.5, 0.6) is 0 Å². The van der Waals surface area contributed by atoms with E-state index in [1.54, 1.807) is 36.5 Å². The SMILES string of the molecule is CN1CCCC1c1cc2cnc(NC(=O)c3ccc(CCCC#Cc4cccc5c4CN(C(C=O)CCC=O)C5=O)c(F)c3)cc2[nH]1. The summed E-state index contributed by atoms with van der Waals surface area (Å²) < 4.78 is 15.0. The van der Waals surface area contributed by atoms with Crippen LogP contribution in [0.4, 0.5) is 10.2 Å². The molecule has 47 heavy (non-hydrogen) atoms. The molecule has 6 rings (SSSR count). The number of hydrogen-bond donors (Lipinski definition) is 2. The molecule has 240 valence electrons. The van der Waals surface area contributed by atoms with E-state index in [4.69, 9.17) is 0 Å². The number of carbonyl (C=O) groups is 4. The third-order valence-electron chi connectivity index (χ3n) is 9.07. The number of rotatable bonds is 11. The molecule has 10 heteroatoms. The number of unbranched alkanes of at least 4 members (excludes halogenated alkanes) is 1. The van der Waals surface area contributed by atoms with E-state index >= 15 is 0 Å². The highest BCUT2D eigenvalue weighted by molar-refractivity contribution is 6.04. The van der Waals surface area contributed by atoms with Gasteiger partial charge in [0.05, 0.1) is 11.6 Å². The van der Waals surface area contributed by atoms with Crippen molar-refractivity contribution in [2.45, 2.75) is 63.6 Å². The lowest BCUT2D eigenvalue weighted by atomic mass is 10.0. The summed E-state index contributed by atoms with van der Waals surface area (Å²) in [6, 6.07) is 13.4. The van der Waals surface area contributed by atoms with Crippen molar-refractivity contribution in [2.24, 2.45) is 0 Å². The molecular weight excluding hydrogens is 597 g/mol. The maximum atomic E-state index is 15.0. The van der Waals surface area contributed by atoms with Crippen molar-refractivity contribution in [2.75, 3.05) is 18.9 Å². The largest absolute Gasteiger partial charge is 0.357 e. The highest BCUT2D eigenvalue weighted by Gasteiger charge is 2.33. The molecule has 0 spiro atoms. The maximum Gasteiger partial charge on any atom is 0.256 e. The monoisotopic (exact) mass is 633 g/mol. The highest BCUT2D eigenvalue weighted by atomic mass is 19.1. The summed E-state index contributed by atoms with van der Waals surface area (Å²) in [6.07, 6.45) is 7.49. The lowest BCUT2D eigenvalue weighted by molar-refractivity contribution is -0.112. The van der Waals surface area contributed by atoms with Gasteiger partial charge in [-0.1, -0.05) is 24.0 Å². The Hall–Kier alpha value is -5.14. The first-order chi connectivity index (χ1) is 22.9. The van der Waals surface area contributed by atoms with Crippen LogP contribution in [-0.4, -0.2) is 63.8 Å². The number of aryl methyl sites for hydroxylation is 1. The molecule has 2 N–H and O–H groups in total. The van der Waals surface area contributed by atoms with E-state index in [9.17, 15) is 23.6 Å². The van der Waals surface area contributed by atoms with Crippen molar-refractivity contribution in [1.82, 2.24) is 19.8 Å². The first-order valence-corrected chi connectivity index (χ1v) is 16.0. The number of aldehydes is 2. The van der Waals surface area contributed by atoms with Gasteiger partial charge in [0.25, 0.3) is 11.8 Å². The van der Waals surface area contributed by atoms with E-state index in [2.05, 4.69) is 45.1 Å². The first-order valence-electron chi connectivity index (χ1n) is 16.0. The van der Waals surface area contributed by atoms with Gasteiger partial charge in [0.2, 0.25) is 0 Å². The number of hydrogen-bond acceptors (Lipinski definition) is 6. The zero-order chi connectivity index (χ0) is 32.9. The fourth-order valence-corrected chi connectivity index (χ4v) is 6.48. The predicted octanol–water partition coefficient (Wildman–Crippen LogP) is 5.60. The standard InChI is InChI=1S/C37H36FN5O4/c1-42-16-6-13-34(42)33-19-27-21-39-35(20-32(27)40-33)41-36(46)26-15-14-25(31(38)18-26)9-4-2-3-8-24-10-5-12-29-30(24)22-43(37(29)47)28(23-45)11-7-17-44/h5,10,12,14-15,17-21,23,28,34,40H,2,4,6-7,9,11,13,16,22H2,1H3,(H,39,41,46). The number of H-pyrrole nitrogens is 1. The molecule has 2 aliphatic heterocycles. The molecule has 1 saturated heterocycles. The summed E-state index contributed by atoms with van der Waals surface area (Å²) in [5.41, 5.74) is 4.73. The third-order valence-corrected chi connectivity index (χ3v) is 9.07. The zero-order valence-corrected chi connectivity index (χ0v) is 26.2. The normalized spacial score (nSPS) is 16.5. The molecular formula is C37H36FN5O4. The Kier molecular flexibility index (Phi) is 9.55. The summed E-state index contributed by atoms with van der Waals surface area (Å²) in [7, 11) is 2.12. The van der Waals surface area contributed by atoms with Crippen LogP contribution in [0.3, 0.4) is 0 Å².